The van der Waals surface area contributed by atoms with Crippen LogP contribution in [0.5, 0.6) is 0 Å². The molecular formula is C99H140O8S. The number of hydrogen-bond acceptors (Lipinski definition) is 9. The van der Waals surface area contributed by atoms with Crippen LogP contribution in [0.25, 0.3) is 0 Å². The second-order valence-electron chi connectivity index (χ2n) is 32.1. The van der Waals surface area contributed by atoms with E-state index in [0.29, 0.717) is 131 Å². The quantitative estimate of drug-likeness (QED) is 0.0304. The Morgan fingerprint density at radius 1 is 0.426 bits per heavy atom. The molecule has 9 heteroatoms. The predicted octanol–water partition coefficient (Wildman–Crippen LogP) is 25.8. The molecule has 3 aromatic rings. The van der Waals surface area contributed by atoms with E-state index in [-0.39, 0.29) is 11.6 Å². The summed E-state index contributed by atoms with van der Waals surface area (Å²) >= 11 is 1.84. The number of Topliss-reactive ketones (excluding diaryl/α,β-unsaturated/α-hetero) is 4. The van der Waals surface area contributed by atoms with Gasteiger partial charge in [0.05, 0.1) is 6.42 Å². The highest BCUT2D eigenvalue weighted by atomic mass is 32.1. The van der Waals surface area contributed by atoms with Gasteiger partial charge in [0.1, 0.15) is 23.0 Å². The number of terminal acetylenes is 2. The van der Waals surface area contributed by atoms with Crippen LogP contribution in [0.4, 0.5) is 0 Å². The summed E-state index contributed by atoms with van der Waals surface area (Å²) in [6, 6.07) is 12.4. The van der Waals surface area contributed by atoms with Gasteiger partial charge in [0.15, 0.2) is 34.7 Å². The van der Waals surface area contributed by atoms with Crippen molar-refractivity contribution in [2.24, 2.45) is 71.0 Å². The SMILES string of the molecule is C#CCc1ccc(CC(C)C)o1.C#CCc1ccc(CC(C)C)s1.C/C=C\CC1=C(C)C(C(C)C)CC1=O.C=C/C=C\CC1=C(C)C(C(C)C)CC1=O.C=CCC1=C(C)C(C(C)C)CC1=O.C=CCC1=CC(=O)C(CC(C)C)=CC1=O.C=CCc1ccc(CC(C)C)o1.CC/C=C\CC1=C(C)C(C(C)C)CC1=O. The normalized spacial score (nSPS) is 17.7. The van der Waals surface area contributed by atoms with E-state index < -0.39 is 0 Å². The Morgan fingerprint density at radius 2 is 0.787 bits per heavy atom. The molecule has 590 valence electrons. The van der Waals surface area contributed by atoms with Gasteiger partial charge in [0.2, 0.25) is 0 Å². The lowest BCUT2D eigenvalue weighted by molar-refractivity contribution is -0.116. The Bertz CT molecular complexity index is 3720. The van der Waals surface area contributed by atoms with Crippen molar-refractivity contribution in [3.05, 3.63) is 224 Å². The molecule has 8 rings (SSSR count). The summed E-state index contributed by atoms with van der Waals surface area (Å²) in [7, 11) is 0. The van der Waals surface area contributed by atoms with E-state index in [1.165, 1.54) is 50.6 Å². The molecule has 0 fully saturated rings. The second kappa shape index (κ2) is 53.0. The molecule has 3 heterocycles. The zero-order chi connectivity index (χ0) is 81.9. The number of carbonyl (C=O) groups excluding carboxylic acids is 6. The third kappa shape index (κ3) is 36.0. The van der Waals surface area contributed by atoms with E-state index in [0.717, 1.165) is 122 Å². The molecule has 8 nitrogen and oxygen atoms in total. The summed E-state index contributed by atoms with van der Waals surface area (Å²) in [5, 5.41) is 0. The van der Waals surface area contributed by atoms with Crippen LogP contribution in [-0.2, 0) is 67.3 Å². The molecule has 4 unspecified atom stereocenters. The lowest BCUT2D eigenvalue weighted by Crippen LogP contribution is -2.14. The molecule has 0 saturated heterocycles. The molecule has 0 radical (unpaired) electrons. The van der Waals surface area contributed by atoms with Gasteiger partial charge in [0.25, 0.3) is 0 Å². The number of hydrogen-bond donors (Lipinski definition) is 0. The van der Waals surface area contributed by atoms with E-state index in [4.69, 9.17) is 21.7 Å². The van der Waals surface area contributed by atoms with Crippen LogP contribution >= 0.6 is 11.3 Å². The maximum absolute atomic E-state index is 11.8. The lowest BCUT2D eigenvalue weighted by Gasteiger charge is -2.14. The van der Waals surface area contributed by atoms with Crippen molar-refractivity contribution in [3.63, 3.8) is 0 Å². The molecule has 0 aliphatic heterocycles. The number of carbonyl (C=O) groups is 6. The van der Waals surface area contributed by atoms with Gasteiger partial charge in [-0.1, -0.05) is 213 Å². The zero-order valence-electron chi connectivity index (χ0n) is 71.0. The van der Waals surface area contributed by atoms with E-state index in [9.17, 15) is 28.8 Å². The Labute approximate surface area is 661 Å². The van der Waals surface area contributed by atoms with Gasteiger partial charge in [-0.3, -0.25) is 28.8 Å². The molecule has 0 bridgehead atoms. The average molecular weight is 1490 g/mol. The van der Waals surface area contributed by atoms with E-state index >= 15 is 0 Å². The van der Waals surface area contributed by atoms with Crippen molar-refractivity contribution in [1.82, 2.24) is 0 Å². The maximum Gasteiger partial charge on any atom is 0.182 e. The summed E-state index contributed by atoms with van der Waals surface area (Å²) in [5.74, 6) is 17.2. The third-order valence-electron chi connectivity index (χ3n) is 19.7. The van der Waals surface area contributed by atoms with Crippen LogP contribution in [0.2, 0.25) is 0 Å². The molecule has 5 aliphatic carbocycles. The number of ketones is 6. The second-order valence-corrected chi connectivity index (χ2v) is 33.3. The average Bonchev–Trinajstić information content (AvgIpc) is 1.68. The summed E-state index contributed by atoms with van der Waals surface area (Å²) in [6.07, 6.45) is 46.3. The van der Waals surface area contributed by atoms with Gasteiger partial charge in [-0.15, -0.1) is 49.8 Å². The summed E-state index contributed by atoms with van der Waals surface area (Å²) < 4.78 is 11.1. The summed E-state index contributed by atoms with van der Waals surface area (Å²) in [4.78, 5) is 72.8. The smallest absolute Gasteiger partial charge is 0.182 e. The molecule has 0 aromatic carbocycles. The van der Waals surface area contributed by atoms with Crippen molar-refractivity contribution in [3.8, 4) is 24.7 Å². The largest absolute Gasteiger partial charge is 0.466 e. The van der Waals surface area contributed by atoms with Gasteiger partial charge in [-0.2, -0.15) is 0 Å². The standard InChI is InChI=1S/C14H22O.C14H20O.C13H16O2.C13H20O.C12H18O.C11H16O.C11H14O.C11H14S/c2*1-5-6-7-8-12-11(4)13(10(2)3)9-14(12)15;1-4-5-10-7-13(15)11(6-9(2)3)8-12(10)14;1-5-6-7-11-10(4)12(9(2)3)8-13(11)14;1-5-6-10-9(4)11(8(2)3)7-12(10)13;3*1-4-5-10-6-7-11(12-10)8-9(2)3/h6-7,10,13H,5,8-9H2,1-4H3;5-7,10,13H,1,8-9H2,2-4H3;4,7-9H,1,5-6H2,2-3H3;5-6,9,12H,7-8H2,1-4H3;5,8,11H,1,6-7H2,2-4H3;4,6-7,9H,1,5,8H2,2-3H3;2*1,6-7,9H,5,8H2,2-3H3/b2*7-6-;;6-5-;;;;. The fraction of sp³-hybridized carbons (Fsp3) is 0.515. The van der Waals surface area contributed by atoms with Crippen LogP contribution in [0.1, 0.15) is 256 Å². The van der Waals surface area contributed by atoms with Gasteiger partial charge < -0.3 is 8.83 Å². The molecule has 0 spiro atoms. The number of thiophene rings is 1. The molecule has 4 atom stereocenters. The van der Waals surface area contributed by atoms with Crippen LogP contribution in [0, 0.1) is 95.7 Å². The number of allylic oxidation sites excluding steroid dienone is 22. The highest BCUT2D eigenvalue weighted by Gasteiger charge is 2.34. The predicted molar refractivity (Wildman–Crippen MR) is 462 cm³/mol. The van der Waals surface area contributed by atoms with Crippen molar-refractivity contribution in [2.75, 3.05) is 0 Å². The minimum atomic E-state index is -0.0508. The maximum atomic E-state index is 11.8. The Morgan fingerprint density at radius 3 is 1.16 bits per heavy atom. The third-order valence-corrected chi connectivity index (χ3v) is 20.8. The summed E-state index contributed by atoms with van der Waals surface area (Å²) in [5.41, 5.74) is 10.6. The first kappa shape index (κ1) is 98.0. The van der Waals surface area contributed by atoms with Crippen molar-refractivity contribution in [2.45, 2.75) is 261 Å². The van der Waals surface area contributed by atoms with Crippen LogP contribution in [0.15, 0.2) is 200 Å². The van der Waals surface area contributed by atoms with Gasteiger partial charge >= 0.3 is 0 Å². The first-order chi connectivity index (χ1) is 51.0. The molecule has 0 N–H and O–H groups in total. The molecular weight excluding hydrogens is 1350 g/mol. The van der Waals surface area contributed by atoms with Crippen LogP contribution < -0.4 is 0 Å². The van der Waals surface area contributed by atoms with E-state index in [2.05, 4.69) is 206 Å². The van der Waals surface area contributed by atoms with Crippen LogP contribution in [-0.4, -0.2) is 34.7 Å². The minimum Gasteiger partial charge on any atom is -0.466 e. The summed E-state index contributed by atoms with van der Waals surface area (Å²) in [6.45, 7) is 61.8. The van der Waals surface area contributed by atoms with Gasteiger partial charge in [0, 0.05) is 72.3 Å². The number of rotatable bonds is 28. The molecule has 5 aliphatic rings. The van der Waals surface area contributed by atoms with Gasteiger partial charge in [-0.25, -0.2) is 0 Å². The first-order valence-corrected chi connectivity index (χ1v) is 40.7. The van der Waals surface area contributed by atoms with Crippen molar-refractivity contribution >= 4 is 46.0 Å². The number of furan rings is 2. The molecule has 0 saturated carbocycles. The fourth-order valence-corrected chi connectivity index (χ4v) is 14.9. The van der Waals surface area contributed by atoms with E-state index in [1.54, 1.807) is 12.2 Å². The van der Waals surface area contributed by atoms with Crippen LogP contribution in [0.3, 0.4) is 0 Å². The topological polar surface area (TPSA) is 129 Å². The Hall–Kier alpha value is -7.98. The highest BCUT2D eigenvalue weighted by molar-refractivity contribution is 7.12. The minimum absolute atomic E-state index is 0.0276. The van der Waals surface area contributed by atoms with E-state index in [1.807, 2.05) is 80.7 Å². The molecule has 0 amide bonds. The van der Waals surface area contributed by atoms with Gasteiger partial charge in [-0.05, 0) is 228 Å². The van der Waals surface area contributed by atoms with Crippen molar-refractivity contribution < 1.29 is 37.6 Å². The molecule has 3 aromatic heterocycles. The Balaban J connectivity index is 0.000000618. The monoisotopic (exact) mass is 1490 g/mol. The first-order valence-electron chi connectivity index (χ1n) is 39.9. The lowest BCUT2D eigenvalue weighted by atomic mass is 9.90. The highest BCUT2D eigenvalue weighted by Crippen LogP contribution is 2.39. The zero-order valence-corrected chi connectivity index (χ0v) is 71.8. The molecule has 108 heavy (non-hydrogen) atoms. The fourth-order valence-electron chi connectivity index (χ4n) is 13.8. The van der Waals surface area contributed by atoms with Crippen molar-refractivity contribution in [1.29, 1.82) is 0 Å². The Kier molecular flexibility index (Phi) is 48.1.